The first-order valence-corrected chi connectivity index (χ1v) is 10.8. The highest BCUT2D eigenvalue weighted by Gasteiger charge is 2.41. The first kappa shape index (κ1) is 20.6. The normalized spacial score (nSPS) is 20.0. The highest BCUT2D eigenvalue weighted by molar-refractivity contribution is 6.30. The van der Waals surface area contributed by atoms with Gasteiger partial charge in [0, 0.05) is 28.5 Å². The van der Waals surface area contributed by atoms with Gasteiger partial charge >= 0.3 is 0 Å². The van der Waals surface area contributed by atoms with E-state index >= 15 is 0 Å². The monoisotopic (exact) mass is 450 g/mol. The molecule has 3 aromatic rings. The van der Waals surface area contributed by atoms with Gasteiger partial charge < -0.3 is 19.1 Å². The zero-order valence-corrected chi connectivity index (χ0v) is 18.5. The number of hydrazine groups is 1. The maximum absolute atomic E-state index is 13.3. The fourth-order valence-corrected chi connectivity index (χ4v) is 4.40. The number of aromatic nitrogens is 1. The van der Waals surface area contributed by atoms with E-state index in [1.165, 1.54) is 0 Å². The minimum atomic E-state index is -0.297. The molecule has 1 amide bonds. The molecule has 1 saturated heterocycles. The van der Waals surface area contributed by atoms with Crippen LogP contribution in [-0.2, 0) is 11.3 Å². The van der Waals surface area contributed by atoms with E-state index in [2.05, 4.69) is 10.4 Å². The number of nitrogens with one attached hydrogen (secondary N) is 1. The number of hydrogen-bond donors (Lipinski definition) is 1. The van der Waals surface area contributed by atoms with Crippen LogP contribution in [-0.4, -0.2) is 34.0 Å². The number of benzene rings is 2. The van der Waals surface area contributed by atoms with Crippen molar-refractivity contribution in [2.75, 3.05) is 7.11 Å². The second-order valence-corrected chi connectivity index (χ2v) is 8.32. The second kappa shape index (κ2) is 8.33. The lowest BCUT2D eigenvalue weighted by Gasteiger charge is -2.31. The number of ether oxygens (including phenoxy) is 1. The Kier molecular flexibility index (Phi) is 5.36. The summed E-state index contributed by atoms with van der Waals surface area (Å²) in [6, 6.07) is 14.9. The van der Waals surface area contributed by atoms with Crippen LogP contribution in [0.25, 0.3) is 11.5 Å². The maximum Gasteiger partial charge on any atom is 0.251 e. The molecule has 3 heterocycles. The van der Waals surface area contributed by atoms with Crippen LogP contribution < -0.4 is 10.2 Å². The van der Waals surface area contributed by atoms with E-state index < -0.39 is 0 Å². The van der Waals surface area contributed by atoms with Crippen LogP contribution in [0, 0.1) is 6.92 Å². The first-order valence-electron chi connectivity index (χ1n) is 10.4. The lowest BCUT2D eigenvalue weighted by atomic mass is 10.00. The summed E-state index contributed by atoms with van der Waals surface area (Å²) in [6.45, 7) is 2.20. The molecule has 32 heavy (non-hydrogen) atoms. The van der Waals surface area contributed by atoms with Gasteiger partial charge in [-0.05, 0) is 37.6 Å². The average Bonchev–Trinajstić information content (AvgIpc) is 3.40. The molecule has 1 N–H and O–H groups in total. The number of oxazole rings is 1. The van der Waals surface area contributed by atoms with Crippen molar-refractivity contribution < 1.29 is 13.9 Å². The Hall–Kier alpha value is -3.29. The minimum Gasteiger partial charge on any atom is -0.496 e. The number of rotatable bonds is 5. The van der Waals surface area contributed by atoms with Gasteiger partial charge in [0.2, 0.25) is 5.89 Å². The summed E-state index contributed by atoms with van der Waals surface area (Å²) in [7, 11) is 1.66. The van der Waals surface area contributed by atoms with Gasteiger partial charge in [0.25, 0.3) is 5.91 Å². The van der Waals surface area contributed by atoms with Crippen molar-refractivity contribution in [3.63, 3.8) is 0 Å². The van der Waals surface area contributed by atoms with Gasteiger partial charge in [-0.25, -0.2) is 10.4 Å². The highest BCUT2D eigenvalue weighted by atomic mass is 35.5. The van der Waals surface area contributed by atoms with Gasteiger partial charge in [-0.15, -0.1) is 0 Å². The lowest BCUT2D eigenvalue weighted by molar-refractivity contribution is -0.135. The van der Waals surface area contributed by atoms with Gasteiger partial charge in [0.05, 0.1) is 19.7 Å². The highest BCUT2D eigenvalue weighted by Crippen LogP contribution is 2.35. The van der Waals surface area contributed by atoms with Crippen LogP contribution in [0.15, 0.2) is 65.3 Å². The maximum atomic E-state index is 13.3. The van der Waals surface area contributed by atoms with Crippen LogP contribution in [0.5, 0.6) is 5.75 Å². The SMILES string of the molecule is COc1ccccc1C1CC2C(=O)N(Cc3nc(-c4cccc(Cl)c4)oc3C)C=CN2N1. The second-order valence-electron chi connectivity index (χ2n) is 7.88. The fraction of sp³-hybridized carbons (Fsp3) is 0.250. The Morgan fingerprint density at radius 1 is 1.22 bits per heavy atom. The van der Waals surface area contributed by atoms with Crippen molar-refractivity contribution in [1.82, 2.24) is 20.3 Å². The summed E-state index contributed by atoms with van der Waals surface area (Å²) in [6.07, 6.45) is 4.32. The van der Waals surface area contributed by atoms with E-state index in [1.54, 1.807) is 24.3 Å². The van der Waals surface area contributed by atoms with Crippen LogP contribution in [0.2, 0.25) is 5.02 Å². The summed E-state index contributed by atoms with van der Waals surface area (Å²) in [5.41, 5.74) is 5.98. The molecular weight excluding hydrogens is 428 g/mol. The first-order chi connectivity index (χ1) is 15.5. The van der Waals surface area contributed by atoms with Crippen molar-refractivity contribution >= 4 is 17.5 Å². The molecule has 5 rings (SSSR count). The molecule has 1 aromatic heterocycles. The van der Waals surface area contributed by atoms with Gasteiger partial charge in [0.1, 0.15) is 23.2 Å². The Bertz CT molecular complexity index is 1190. The van der Waals surface area contributed by atoms with Crippen LogP contribution in [0.1, 0.15) is 29.5 Å². The molecule has 2 aliphatic rings. The molecule has 164 valence electrons. The molecule has 7 nitrogen and oxygen atoms in total. The Morgan fingerprint density at radius 2 is 2.06 bits per heavy atom. The van der Waals surface area contributed by atoms with Gasteiger partial charge in [-0.1, -0.05) is 35.9 Å². The summed E-state index contributed by atoms with van der Waals surface area (Å²) in [4.78, 5) is 19.6. The number of methoxy groups -OCH3 is 1. The van der Waals surface area contributed by atoms with E-state index in [4.69, 9.17) is 20.8 Å². The largest absolute Gasteiger partial charge is 0.496 e. The third-order valence-electron chi connectivity index (χ3n) is 5.87. The molecule has 0 spiro atoms. The molecule has 0 aliphatic carbocycles. The number of fused-ring (bicyclic) bond motifs is 1. The number of para-hydroxylation sites is 1. The van der Waals surface area contributed by atoms with Crippen LogP contribution >= 0.6 is 11.6 Å². The number of amides is 1. The van der Waals surface area contributed by atoms with Crippen molar-refractivity contribution in [2.24, 2.45) is 0 Å². The molecule has 0 radical (unpaired) electrons. The lowest BCUT2D eigenvalue weighted by Crippen LogP contribution is -2.47. The molecule has 0 saturated carbocycles. The van der Waals surface area contributed by atoms with E-state index in [0.29, 0.717) is 29.6 Å². The number of halogens is 1. The van der Waals surface area contributed by atoms with E-state index in [1.807, 2.05) is 60.6 Å². The third kappa shape index (κ3) is 3.74. The molecule has 8 heteroatoms. The topological polar surface area (TPSA) is 70.8 Å². The quantitative estimate of drug-likeness (QED) is 0.619. The summed E-state index contributed by atoms with van der Waals surface area (Å²) >= 11 is 6.09. The molecule has 2 aliphatic heterocycles. The van der Waals surface area contributed by atoms with Crippen molar-refractivity contribution in [3.8, 4) is 17.2 Å². The standard InChI is InChI=1S/C24H23ClN4O3/c1-15-20(26-23(32-15)16-6-5-7-17(25)12-16)14-28-10-11-29-21(24(28)30)13-19(27-29)18-8-3-4-9-22(18)31-2/h3-12,19,21,27H,13-14H2,1-2H3. The zero-order chi connectivity index (χ0) is 22.2. The smallest absolute Gasteiger partial charge is 0.251 e. The molecule has 0 bridgehead atoms. The molecular formula is C24H23ClN4O3. The third-order valence-corrected chi connectivity index (χ3v) is 6.11. The number of carbonyl (C=O) groups excluding carboxylic acids is 1. The van der Waals surface area contributed by atoms with Crippen molar-refractivity contribution in [1.29, 1.82) is 0 Å². The molecule has 2 aromatic carbocycles. The molecule has 2 atom stereocenters. The average molecular weight is 451 g/mol. The Labute approximate surface area is 191 Å². The number of hydrogen-bond acceptors (Lipinski definition) is 6. The fourth-order valence-electron chi connectivity index (χ4n) is 4.21. The van der Waals surface area contributed by atoms with Crippen molar-refractivity contribution in [3.05, 3.63) is 83.0 Å². The number of aryl methyl sites for hydroxylation is 1. The van der Waals surface area contributed by atoms with E-state index in [-0.39, 0.29) is 18.0 Å². The van der Waals surface area contributed by atoms with E-state index in [9.17, 15) is 4.79 Å². The Balaban J connectivity index is 1.33. The van der Waals surface area contributed by atoms with Crippen molar-refractivity contribution in [2.45, 2.75) is 32.0 Å². The summed E-state index contributed by atoms with van der Waals surface area (Å²) < 4.78 is 11.3. The number of nitrogens with zero attached hydrogens (tertiary/aromatic N) is 3. The Morgan fingerprint density at radius 3 is 2.88 bits per heavy atom. The van der Waals surface area contributed by atoms with Crippen LogP contribution in [0.4, 0.5) is 0 Å². The summed E-state index contributed by atoms with van der Waals surface area (Å²) in [5, 5.41) is 2.50. The predicted octanol–water partition coefficient (Wildman–Crippen LogP) is 4.45. The van der Waals surface area contributed by atoms with Crippen LogP contribution in [0.3, 0.4) is 0 Å². The minimum absolute atomic E-state index is 0.00656. The molecule has 2 unspecified atom stereocenters. The molecule has 1 fully saturated rings. The predicted molar refractivity (Wildman–Crippen MR) is 120 cm³/mol. The summed E-state index contributed by atoms with van der Waals surface area (Å²) in [5.74, 6) is 2.00. The zero-order valence-electron chi connectivity index (χ0n) is 17.8. The van der Waals surface area contributed by atoms with Gasteiger partial charge in [-0.2, -0.15) is 0 Å². The van der Waals surface area contributed by atoms with Gasteiger partial charge in [-0.3, -0.25) is 4.79 Å². The number of carbonyl (C=O) groups is 1. The van der Waals surface area contributed by atoms with E-state index in [0.717, 1.165) is 22.6 Å². The van der Waals surface area contributed by atoms with Gasteiger partial charge in [0.15, 0.2) is 0 Å².